The summed E-state index contributed by atoms with van der Waals surface area (Å²) in [5.41, 5.74) is 9.05. The zero-order valence-corrected chi connectivity index (χ0v) is 18.2. The van der Waals surface area contributed by atoms with Gasteiger partial charge in [-0.15, -0.1) is 4.98 Å². The second-order valence-electron chi connectivity index (χ2n) is 8.35. The number of nitrogen functional groups attached to an aromatic ring is 1. The zero-order valence-electron chi connectivity index (χ0n) is 18.2. The third-order valence-electron chi connectivity index (χ3n) is 4.53. The Balaban J connectivity index is 2.36. The van der Waals surface area contributed by atoms with E-state index in [2.05, 4.69) is 21.3 Å². The Morgan fingerprint density at radius 2 is 2.03 bits per heavy atom. The van der Waals surface area contributed by atoms with E-state index >= 15 is 0 Å². The number of esters is 1. The molecule has 6 heteroatoms. The summed E-state index contributed by atoms with van der Waals surface area (Å²) in [4.78, 5) is 20.4. The molecule has 1 aromatic carbocycles. The molecule has 6 nitrogen and oxygen atoms in total. The SMILES string of the molecule is [C-]#[N+]c1nc(CCCC)n(CCCC(=O)OC(C)(C)C)c1-c1ccc(C)cc1N. The van der Waals surface area contributed by atoms with Crippen molar-refractivity contribution >= 4 is 17.5 Å². The number of hydrogen-bond acceptors (Lipinski definition) is 4. The highest BCUT2D eigenvalue weighted by Gasteiger charge is 2.23. The van der Waals surface area contributed by atoms with Crippen molar-refractivity contribution in [2.75, 3.05) is 5.73 Å². The average Bonchev–Trinajstić information content (AvgIpc) is 2.96. The van der Waals surface area contributed by atoms with E-state index in [1.807, 2.05) is 45.9 Å². The largest absolute Gasteiger partial charge is 0.460 e. The van der Waals surface area contributed by atoms with Crippen LogP contribution in [0.3, 0.4) is 0 Å². The van der Waals surface area contributed by atoms with Gasteiger partial charge in [0.15, 0.2) is 0 Å². The van der Waals surface area contributed by atoms with Gasteiger partial charge in [0.05, 0.1) is 5.69 Å². The standard InChI is InChI=1S/C23H32N4O2/c1-7-8-10-19-26-22(25-6)21(17-13-12-16(2)15-18(17)24)27(19)14-9-11-20(28)29-23(3,4)5/h12-13,15H,7-11,14,24H2,1-5H3. The first-order valence-electron chi connectivity index (χ1n) is 10.2. The molecule has 1 heterocycles. The van der Waals surface area contributed by atoms with E-state index in [0.29, 0.717) is 30.9 Å². The van der Waals surface area contributed by atoms with E-state index in [1.165, 1.54) is 0 Å². The molecule has 0 unspecified atom stereocenters. The first-order chi connectivity index (χ1) is 13.7. The van der Waals surface area contributed by atoms with Crippen LogP contribution in [0.1, 0.15) is 64.8 Å². The molecule has 0 aliphatic rings. The van der Waals surface area contributed by atoms with Crippen molar-refractivity contribution in [1.82, 2.24) is 9.55 Å². The molecule has 0 bridgehead atoms. The topological polar surface area (TPSA) is 74.5 Å². The lowest BCUT2D eigenvalue weighted by Crippen LogP contribution is -2.24. The number of aryl methyl sites for hydroxylation is 2. The third-order valence-corrected chi connectivity index (χ3v) is 4.53. The maximum absolute atomic E-state index is 12.1. The number of carbonyl (C=O) groups excluding carboxylic acids is 1. The van der Waals surface area contributed by atoms with Crippen LogP contribution in [0.2, 0.25) is 0 Å². The molecule has 0 fully saturated rings. The molecule has 0 atom stereocenters. The number of benzene rings is 1. The number of hydrogen-bond donors (Lipinski definition) is 1. The van der Waals surface area contributed by atoms with Gasteiger partial charge in [0.1, 0.15) is 5.60 Å². The van der Waals surface area contributed by atoms with Gasteiger partial charge in [-0.1, -0.05) is 32.0 Å². The van der Waals surface area contributed by atoms with Crippen LogP contribution in [0.15, 0.2) is 18.2 Å². The molecule has 0 spiro atoms. The molecule has 0 aliphatic heterocycles. The lowest BCUT2D eigenvalue weighted by molar-refractivity contribution is -0.154. The molecule has 1 aromatic heterocycles. The Bertz CT molecular complexity index is 901. The van der Waals surface area contributed by atoms with Crippen molar-refractivity contribution in [2.24, 2.45) is 0 Å². The lowest BCUT2D eigenvalue weighted by Gasteiger charge is -2.19. The molecule has 0 saturated heterocycles. The monoisotopic (exact) mass is 396 g/mol. The predicted molar refractivity (Wildman–Crippen MR) is 117 cm³/mol. The fourth-order valence-corrected chi connectivity index (χ4v) is 3.27. The average molecular weight is 397 g/mol. The number of nitrogens with two attached hydrogens (primary N) is 1. The normalized spacial score (nSPS) is 11.3. The summed E-state index contributed by atoms with van der Waals surface area (Å²) in [7, 11) is 0. The van der Waals surface area contributed by atoms with Crippen molar-refractivity contribution in [3.05, 3.63) is 41.0 Å². The quantitative estimate of drug-likeness (QED) is 0.365. The van der Waals surface area contributed by atoms with Crippen LogP contribution in [-0.4, -0.2) is 21.1 Å². The van der Waals surface area contributed by atoms with Crippen molar-refractivity contribution < 1.29 is 9.53 Å². The Hall–Kier alpha value is -2.81. The van der Waals surface area contributed by atoms with Gasteiger partial charge in [-0.2, -0.15) is 0 Å². The van der Waals surface area contributed by atoms with Crippen molar-refractivity contribution in [3.63, 3.8) is 0 Å². The van der Waals surface area contributed by atoms with Gasteiger partial charge in [0.25, 0.3) is 5.82 Å². The summed E-state index contributed by atoms with van der Waals surface area (Å²) in [5.74, 6) is 1.02. The number of carbonyl (C=O) groups is 1. The Kier molecular flexibility index (Phi) is 7.44. The van der Waals surface area contributed by atoms with Crippen LogP contribution in [0.5, 0.6) is 0 Å². The lowest BCUT2D eigenvalue weighted by atomic mass is 10.1. The van der Waals surface area contributed by atoms with Gasteiger partial charge in [0, 0.05) is 30.6 Å². The second kappa shape index (κ2) is 9.60. The predicted octanol–water partition coefficient (Wildman–Crippen LogP) is 5.46. The highest BCUT2D eigenvalue weighted by molar-refractivity contribution is 5.82. The molecule has 29 heavy (non-hydrogen) atoms. The number of nitrogens with zero attached hydrogens (tertiary/aromatic N) is 3. The number of unbranched alkanes of at least 4 members (excludes halogenated alkanes) is 1. The van der Waals surface area contributed by atoms with Crippen molar-refractivity contribution in [3.8, 4) is 11.3 Å². The van der Waals surface area contributed by atoms with Gasteiger partial charge in [-0.3, -0.25) is 4.79 Å². The van der Waals surface area contributed by atoms with E-state index in [9.17, 15) is 4.79 Å². The molecule has 2 aromatic rings. The number of ether oxygens (including phenoxy) is 1. The summed E-state index contributed by atoms with van der Waals surface area (Å²) in [6, 6.07) is 5.85. The molecule has 0 radical (unpaired) electrons. The first-order valence-corrected chi connectivity index (χ1v) is 10.2. The van der Waals surface area contributed by atoms with Gasteiger partial charge in [-0.25, -0.2) is 0 Å². The third kappa shape index (κ3) is 6.08. The van der Waals surface area contributed by atoms with Crippen LogP contribution in [-0.2, 0) is 22.5 Å². The summed E-state index contributed by atoms with van der Waals surface area (Å²) in [6.45, 7) is 17.9. The maximum atomic E-state index is 12.1. The van der Waals surface area contributed by atoms with E-state index < -0.39 is 5.60 Å². The molecule has 156 valence electrons. The summed E-state index contributed by atoms with van der Waals surface area (Å²) < 4.78 is 7.48. The van der Waals surface area contributed by atoms with Crippen LogP contribution in [0, 0.1) is 13.5 Å². The van der Waals surface area contributed by atoms with Gasteiger partial charge >= 0.3 is 5.97 Å². The van der Waals surface area contributed by atoms with Crippen molar-refractivity contribution in [2.45, 2.75) is 78.9 Å². The highest BCUT2D eigenvalue weighted by Crippen LogP contribution is 2.36. The smallest absolute Gasteiger partial charge is 0.306 e. The Labute approximate surface area is 173 Å². The molecular formula is C23H32N4O2. The molecule has 2 N–H and O–H groups in total. The zero-order chi connectivity index (χ0) is 21.6. The molecule has 2 rings (SSSR count). The minimum absolute atomic E-state index is 0.213. The molecular weight excluding hydrogens is 364 g/mol. The fraction of sp³-hybridized carbons (Fsp3) is 0.522. The summed E-state index contributed by atoms with van der Waals surface area (Å²) >= 11 is 0. The minimum atomic E-state index is -0.489. The highest BCUT2D eigenvalue weighted by atomic mass is 16.6. The number of imidazole rings is 1. The van der Waals surface area contributed by atoms with Gasteiger partial charge in [-0.05, 0) is 52.2 Å². The van der Waals surface area contributed by atoms with E-state index in [1.54, 1.807) is 0 Å². The maximum Gasteiger partial charge on any atom is 0.306 e. The summed E-state index contributed by atoms with van der Waals surface area (Å²) in [5, 5.41) is 0. The van der Waals surface area contributed by atoms with E-state index in [0.717, 1.165) is 41.9 Å². The van der Waals surface area contributed by atoms with Crippen LogP contribution >= 0.6 is 0 Å². The van der Waals surface area contributed by atoms with E-state index in [-0.39, 0.29) is 5.97 Å². The van der Waals surface area contributed by atoms with Crippen LogP contribution in [0.4, 0.5) is 11.5 Å². The second-order valence-corrected chi connectivity index (χ2v) is 8.35. The minimum Gasteiger partial charge on any atom is -0.460 e. The van der Waals surface area contributed by atoms with Crippen molar-refractivity contribution in [1.29, 1.82) is 0 Å². The van der Waals surface area contributed by atoms with E-state index in [4.69, 9.17) is 17.0 Å². The first kappa shape index (κ1) is 22.5. The Morgan fingerprint density at radius 1 is 1.31 bits per heavy atom. The van der Waals surface area contributed by atoms with Gasteiger partial charge < -0.3 is 19.9 Å². The molecule has 0 aliphatic carbocycles. The summed E-state index contributed by atoms with van der Waals surface area (Å²) in [6.07, 6.45) is 3.75. The number of aromatic nitrogens is 2. The van der Waals surface area contributed by atoms with Crippen LogP contribution in [0.25, 0.3) is 16.1 Å². The van der Waals surface area contributed by atoms with Crippen LogP contribution < -0.4 is 5.73 Å². The Morgan fingerprint density at radius 3 is 2.62 bits per heavy atom. The number of anilines is 1. The number of rotatable bonds is 8. The van der Waals surface area contributed by atoms with Gasteiger partial charge in [0.2, 0.25) is 5.82 Å². The molecule has 0 saturated carbocycles. The molecule has 0 amide bonds. The fourth-order valence-electron chi connectivity index (χ4n) is 3.27.